The van der Waals surface area contributed by atoms with Gasteiger partial charge >= 0.3 is 11.9 Å². The van der Waals surface area contributed by atoms with Crippen LogP contribution in [0.2, 0.25) is 0 Å². The van der Waals surface area contributed by atoms with E-state index in [0.29, 0.717) is 31.3 Å². The first-order valence-electron chi connectivity index (χ1n) is 11.5. The van der Waals surface area contributed by atoms with Crippen LogP contribution in [-0.2, 0) is 28.6 Å². The molecule has 9 atom stereocenters. The van der Waals surface area contributed by atoms with Crippen molar-refractivity contribution >= 4 is 17.7 Å². The van der Waals surface area contributed by atoms with Crippen LogP contribution in [0.3, 0.4) is 0 Å². The van der Waals surface area contributed by atoms with Crippen LogP contribution in [-0.4, -0.2) is 53.3 Å². The minimum atomic E-state index is -1.08. The van der Waals surface area contributed by atoms with E-state index >= 15 is 0 Å². The number of esters is 2. The van der Waals surface area contributed by atoms with Gasteiger partial charge in [-0.15, -0.1) is 0 Å². The number of hydrogen-bond acceptors (Lipinski definition) is 7. The predicted molar refractivity (Wildman–Crippen MR) is 107 cm³/mol. The molecule has 168 valence electrons. The van der Waals surface area contributed by atoms with Gasteiger partial charge in [0, 0.05) is 29.6 Å². The Morgan fingerprint density at radius 1 is 1.19 bits per heavy atom. The molecule has 0 aromatic heterocycles. The fraction of sp³-hybridized carbons (Fsp3) is 0.792. The summed E-state index contributed by atoms with van der Waals surface area (Å²) >= 11 is 0. The van der Waals surface area contributed by atoms with Crippen LogP contribution in [0.25, 0.3) is 0 Å². The molecular weight excluding hydrogens is 400 g/mol. The summed E-state index contributed by atoms with van der Waals surface area (Å²) in [6, 6.07) is 0. The zero-order chi connectivity index (χ0) is 22.0. The van der Waals surface area contributed by atoms with Gasteiger partial charge in [0.15, 0.2) is 5.78 Å². The number of methoxy groups -OCH3 is 1. The number of aliphatic hydroxyl groups is 1. The largest absolute Gasteiger partial charge is 0.469 e. The van der Waals surface area contributed by atoms with Crippen molar-refractivity contribution in [2.24, 2.45) is 28.6 Å². The fourth-order valence-corrected chi connectivity index (χ4v) is 8.74. The normalized spacial score (nSPS) is 54.3. The first kappa shape index (κ1) is 19.9. The molecule has 7 nitrogen and oxygen atoms in total. The molecule has 2 spiro atoms. The minimum Gasteiger partial charge on any atom is -0.469 e. The second kappa shape index (κ2) is 5.79. The summed E-state index contributed by atoms with van der Waals surface area (Å²) in [4.78, 5) is 37.5. The van der Waals surface area contributed by atoms with Gasteiger partial charge in [-0.1, -0.05) is 13.8 Å². The number of carbonyl (C=O) groups is 3. The first-order chi connectivity index (χ1) is 14.6. The van der Waals surface area contributed by atoms with Crippen LogP contribution >= 0.6 is 0 Å². The van der Waals surface area contributed by atoms with Crippen molar-refractivity contribution in [1.82, 2.24) is 0 Å². The Labute approximate surface area is 181 Å². The van der Waals surface area contributed by atoms with Gasteiger partial charge in [-0.2, -0.15) is 0 Å². The van der Waals surface area contributed by atoms with Gasteiger partial charge in [0.05, 0.1) is 25.2 Å². The highest BCUT2D eigenvalue weighted by molar-refractivity contribution is 5.92. The molecule has 2 aliphatic heterocycles. The zero-order valence-electron chi connectivity index (χ0n) is 18.3. The topological polar surface area (TPSA) is 102 Å². The Hall–Kier alpha value is -1.73. The van der Waals surface area contributed by atoms with Gasteiger partial charge in [0.2, 0.25) is 0 Å². The van der Waals surface area contributed by atoms with E-state index in [1.54, 1.807) is 6.08 Å². The third-order valence-electron chi connectivity index (χ3n) is 10.3. The number of hydrogen-bond donors (Lipinski definition) is 1. The van der Waals surface area contributed by atoms with Crippen molar-refractivity contribution in [3.05, 3.63) is 11.6 Å². The van der Waals surface area contributed by atoms with Crippen molar-refractivity contribution in [2.75, 3.05) is 7.11 Å². The summed E-state index contributed by atoms with van der Waals surface area (Å²) in [5.41, 5.74) is -1.29. The van der Waals surface area contributed by atoms with Crippen LogP contribution in [0.4, 0.5) is 0 Å². The maximum Gasteiger partial charge on any atom is 0.312 e. The number of carbonyl (C=O) groups excluding carboxylic acids is 3. The molecule has 6 aliphatic rings. The molecular formula is C24H30O7. The molecule has 2 unspecified atom stereocenters. The average molecular weight is 430 g/mol. The lowest BCUT2D eigenvalue weighted by atomic mass is 9.43. The molecule has 0 aromatic carbocycles. The highest BCUT2D eigenvalue weighted by atomic mass is 16.6. The molecule has 0 amide bonds. The smallest absolute Gasteiger partial charge is 0.312 e. The van der Waals surface area contributed by atoms with E-state index < -0.39 is 34.6 Å². The second-order valence-corrected chi connectivity index (χ2v) is 11.1. The Kier molecular flexibility index (Phi) is 3.72. The molecule has 2 heterocycles. The SMILES string of the molecule is COC(=O)[C@H]1C2C3CC[C@@]4(CCC(=O)O4)[C@@]3(C)C[C@@H]3O[C@@]23[C@@]2(C)CCC(=O)C=C2[C@@H]1O. The standard InChI is InChI=1S/C24H30O7/c1-21-7-4-12(25)10-14(21)19(27)17(20(28)29-3)18-13-5-8-23(9-6-16(26)31-23)22(13,2)11-15-24(18,21)30-15/h10,13,15,17-19,27H,4-9,11H2,1-3H3/t13?,15-,17-,18?,19-,21-,22-,23+,24+/m0/s1. The molecule has 0 radical (unpaired) electrons. The van der Waals surface area contributed by atoms with E-state index in [2.05, 4.69) is 13.8 Å². The van der Waals surface area contributed by atoms with Crippen molar-refractivity contribution in [3.8, 4) is 0 Å². The molecule has 0 bridgehead atoms. The van der Waals surface area contributed by atoms with Gasteiger partial charge in [-0.3, -0.25) is 14.4 Å². The van der Waals surface area contributed by atoms with Crippen molar-refractivity contribution < 1.29 is 33.7 Å². The van der Waals surface area contributed by atoms with E-state index in [-0.39, 0.29) is 35.1 Å². The molecule has 0 aromatic rings. The number of ether oxygens (including phenoxy) is 3. The molecule has 1 N–H and O–H groups in total. The summed E-state index contributed by atoms with van der Waals surface area (Å²) in [7, 11) is 1.35. The Balaban J connectivity index is 1.52. The molecule has 31 heavy (non-hydrogen) atoms. The van der Waals surface area contributed by atoms with Crippen LogP contribution in [0.15, 0.2) is 11.6 Å². The zero-order valence-corrected chi connectivity index (χ0v) is 18.3. The van der Waals surface area contributed by atoms with E-state index in [0.717, 1.165) is 19.3 Å². The Morgan fingerprint density at radius 3 is 2.65 bits per heavy atom. The van der Waals surface area contributed by atoms with Gasteiger partial charge in [-0.05, 0) is 49.7 Å². The van der Waals surface area contributed by atoms with Gasteiger partial charge in [-0.25, -0.2) is 0 Å². The van der Waals surface area contributed by atoms with Crippen molar-refractivity contribution in [2.45, 2.75) is 82.2 Å². The van der Waals surface area contributed by atoms with Gasteiger partial charge < -0.3 is 19.3 Å². The maximum absolute atomic E-state index is 13.1. The molecule has 7 heteroatoms. The average Bonchev–Trinajstić information content (AvgIpc) is 3.23. The van der Waals surface area contributed by atoms with Crippen molar-refractivity contribution in [1.29, 1.82) is 0 Å². The molecule has 2 saturated heterocycles. The third kappa shape index (κ3) is 2.06. The highest BCUT2D eigenvalue weighted by Crippen LogP contribution is 2.78. The van der Waals surface area contributed by atoms with Gasteiger partial charge in [0.1, 0.15) is 11.2 Å². The van der Waals surface area contributed by atoms with Crippen LogP contribution in [0, 0.1) is 28.6 Å². The highest BCUT2D eigenvalue weighted by Gasteiger charge is 2.84. The number of aliphatic hydroxyl groups excluding tert-OH is 1. The fourth-order valence-electron chi connectivity index (χ4n) is 8.74. The lowest BCUT2D eigenvalue weighted by molar-refractivity contribution is -0.179. The van der Waals surface area contributed by atoms with E-state index in [1.165, 1.54) is 7.11 Å². The number of rotatable bonds is 1. The van der Waals surface area contributed by atoms with Crippen molar-refractivity contribution in [3.63, 3.8) is 0 Å². The number of ketones is 1. The Bertz CT molecular complexity index is 940. The minimum absolute atomic E-state index is 0.0134. The van der Waals surface area contributed by atoms with E-state index in [9.17, 15) is 19.5 Å². The lowest BCUT2D eigenvalue weighted by Crippen LogP contribution is -2.66. The Morgan fingerprint density at radius 2 is 1.97 bits per heavy atom. The first-order valence-corrected chi connectivity index (χ1v) is 11.5. The third-order valence-corrected chi connectivity index (χ3v) is 10.3. The molecule has 4 aliphatic carbocycles. The van der Waals surface area contributed by atoms with Crippen LogP contribution in [0.1, 0.15) is 58.8 Å². The number of fused-ring (bicyclic) bond motifs is 4. The second-order valence-electron chi connectivity index (χ2n) is 11.1. The molecule has 6 rings (SSSR count). The molecule has 3 saturated carbocycles. The quantitative estimate of drug-likeness (QED) is 0.502. The van der Waals surface area contributed by atoms with Crippen LogP contribution in [0.5, 0.6) is 0 Å². The summed E-state index contributed by atoms with van der Waals surface area (Å²) in [5, 5.41) is 11.5. The van der Waals surface area contributed by atoms with E-state index in [4.69, 9.17) is 14.2 Å². The monoisotopic (exact) mass is 430 g/mol. The summed E-state index contributed by atoms with van der Waals surface area (Å²) in [5.74, 6) is -1.59. The summed E-state index contributed by atoms with van der Waals surface area (Å²) in [6.45, 7) is 4.28. The van der Waals surface area contributed by atoms with E-state index in [1.807, 2.05) is 0 Å². The van der Waals surface area contributed by atoms with Crippen LogP contribution < -0.4 is 0 Å². The number of epoxide rings is 1. The molecule has 5 fully saturated rings. The lowest BCUT2D eigenvalue weighted by Gasteiger charge is -2.59. The predicted octanol–water partition coefficient (Wildman–Crippen LogP) is 2.10. The maximum atomic E-state index is 13.1. The summed E-state index contributed by atoms with van der Waals surface area (Å²) < 4.78 is 17.7. The van der Waals surface area contributed by atoms with Gasteiger partial charge in [0.25, 0.3) is 0 Å². The summed E-state index contributed by atoms with van der Waals surface area (Å²) in [6.07, 6.45) is 4.91.